The van der Waals surface area contributed by atoms with Gasteiger partial charge in [0, 0.05) is 18.6 Å². The molecule has 19 heteroatoms. The maximum absolute atomic E-state index is 13.2. The Kier molecular flexibility index (Phi) is 11.0. The molecule has 0 aliphatic carbocycles. The number of aryl methyl sites for hydroxylation is 1. The Morgan fingerprint density at radius 3 is 1.59 bits per heavy atom. The lowest BCUT2D eigenvalue weighted by molar-refractivity contribution is -0.276. The highest BCUT2D eigenvalue weighted by molar-refractivity contribution is 6.01. The molecule has 1 heterocycles. The first-order chi connectivity index (χ1) is 25.5. The topological polar surface area (TPSA) is 331 Å². The minimum atomic E-state index is -2.16. The summed E-state index contributed by atoms with van der Waals surface area (Å²) in [6.07, 6.45) is -10.0. The number of aromatic hydroxyl groups is 10. The van der Waals surface area contributed by atoms with Crippen molar-refractivity contribution < 1.29 is 94.6 Å². The van der Waals surface area contributed by atoms with E-state index in [1.165, 1.54) is 18.2 Å². The molecule has 0 spiro atoms. The van der Waals surface area contributed by atoms with E-state index in [0.29, 0.717) is 29.8 Å². The van der Waals surface area contributed by atoms with Crippen LogP contribution in [0, 0.1) is 0 Å². The molecule has 4 aromatic carbocycles. The predicted molar refractivity (Wildman–Crippen MR) is 176 cm³/mol. The molecule has 4 aromatic rings. The molecule has 1 aliphatic rings. The lowest BCUT2D eigenvalue weighted by Crippen LogP contribution is -2.62. The lowest BCUT2D eigenvalue weighted by atomic mass is 9.98. The molecular formula is C35H32O19. The molecule has 5 atom stereocenters. The number of carbonyl (C=O) groups is 3. The molecule has 1 aliphatic heterocycles. The Labute approximate surface area is 302 Å². The van der Waals surface area contributed by atoms with Crippen molar-refractivity contribution in [1.29, 1.82) is 0 Å². The Hall–Kier alpha value is -6.83. The third-order valence-corrected chi connectivity index (χ3v) is 8.17. The molecule has 0 bridgehead atoms. The summed E-state index contributed by atoms with van der Waals surface area (Å²) in [7, 11) is 0. The van der Waals surface area contributed by atoms with Gasteiger partial charge in [-0.2, -0.15) is 0 Å². The van der Waals surface area contributed by atoms with Crippen LogP contribution in [0.1, 0.15) is 43.1 Å². The number of carbonyl (C=O) groups excluding carboxylic acids is 3. The van der Waals surface area contributed by atoms with Gasteiger partial charge in [-0.1, -0.05) is 6.07 Å². The second-order valence-corrected chi connectivity index (χ2v) is 11.9. The van der Waals surface area contributed by atoms with E-state index in [-0.39, 0.29) is 18.6 Å². The molecule has 0 radical (unpaired) electrons. The van der Waals surface area contributed by atoms with Gasteiger partial charge in [-0.25, -0.2) is 9.59 Å². The Bertz CT molecular complexity index is 2030. The molecule has 54 heavy (non-hydrogen) atoms. The van der Waals surface area contributed by atoms with Crippen molar-refractivity contribution in [2.24, 2.45) is 0 Å². The summed E-state index contributed by atoms with van der Waals surface area (Å²) in [4.78, 5) is 39.2. The molecule has 0 aromatic heterocycles. The number of hydrogen-bond acceptors (Lipinski definition) is 19. The van der Waals surface area contributed by atoms with E-state index in [2.05, 4.69) is 0 Å². The zero-order valence-corrected chi connectivity index (χ0v) is 27.4. The first-order valence-electron chi connectivity index (χ1n) is 15.6. The summed E-state index contributed by atoms with van der Waals surface area (Å²) < 4.78 is 21.9. The fraction of sp³-hybridized carbons (Fsp3) is 0.229. The van der Waals surface area contributed by atoms with Gasteiger partial charge in [0.15, 0.2) is 70.1 Å². The number of hydrogen-bond donors (Lipinski definition) is 12. The van der Waals surface area contributed by atoms with Crippen LogP contribution in [0.5, 0.6) is 63.2 Å². The van der Waals surface area contributed by atoms with Crippen molar-refractivity contribution in [2.45, 2.75) is 43.5 Å². The van der Waals surface area contributed by atoms with Gasteiger partial charge < -0.3 is 80.2 Å². The van der Waals surface area contributed by atoms with Crippen LogP contribution in [-0.4, -0.2) is 116 Å². The SMILES string of the molecule is O=C(O[C@@H]1[C@@H](O)[C@H](Oc2cc(O)c(C(=O)CCc3ccc(O)c(O)c3)c(O)c2)O[C@H](CO)[C@H]1OC(=O)c1cc(O)c(O)c(O)c1)c1cc(O)c(O)c(O)c1. The predicted octanol–water partition coefficient (Wildman–Crippen LogP) is 1.47. The molecule has 12 N–H and O–H groups in total. The van der Waals surface area contributed by atoms with Gasteiger partial charge in [0.2, 0.25) is 6.29 Å². The van der Waals surface area contributed by atoms with Gasteiger partial charge in [-0.05, 0) is 48.4 Å². The van der Waals surface area contributed by atoms with Crippen LogP contribution in [0.2, 0.25) is 0 Å². The van der Waals surface area contributed by atoms with E-state index >= 15 is 0 Å². The van der Waals surface area contributed by atoms with Gasteiger partial charge in [0.05, 0.1) is 17.7 Å². The number of phenols is 10. The fourth-order valence-corrected chi connectivity index (χ4v) is 5.42. The first-order valence-corrected chi connectivity index (χ1v) is 15.6. The number of Topliss-reactive ketones (excluding diaryl/α,β-unsaturated/α-hetero) is 1. The Morgan fingerprint density at radius 1 is 0.611 bits per heavy atom. The normalized spacial score (nSPS) is 19.5. The number of benzene rings is 4. The Morgan fingerprint density at radius 2 is 1.11 bits per heavy atom. The largest absolute Gasteiger partial charge is 0.507 e. The molecule has 0 unspecified atom stereocenters. The average Bonchev–Trinajstić information content (AvgIpc) is 3.11. The number of aliphatic hydroxyl groups is 2. The van der Waals surface area contributed by atoms with E-state index in [0.717, 1.165) is 12.1 Å². The minimum Gasteiger partial charge on any atom is -0.507 e. The van der Waals surface area contributed by atoms with Crippen LogP contribution < -0.4 is 4.74 Å². The highest BCUT2D eigenvalue weighted by atomic mass is 16.7. The van der Waals surface area contributed by atoms with Crippen LogP contribution in [0.4, 0.5) is 0 Å². The first kappa shape index (κ1) is 38.4. The lowest BCUT2D eigenvalue weighted by Gasteiger charge is -2.42. The number of rotatable bonds is 11. The number of phenolic OH excluding ortho intramolecular Hbond substituents is 10. The molecule has 1 saturated heterocycles. The van der Waals surface area contributed by atoms with Crippen LogP contribution in [-0.2, 0) is 20.6 Å². The molecule has 1 fully saturated rings. The number of aliphatic hydroxyl groups excluding tert-OH is 2. The second-order valence-electron chi connectivity index (χ2n) is 11.9. The van der Waals surface area contributed by atoms with Crippen molar-refractivity contribution in [3.63, 3.8) is 0 Å². The highest BCUT2D eigenvalue weighted by Crippen LogP contribution is 2.39. The molecule has 0 saturated carbocycles. The van der Waals surface area contributed by atoms with E-state index in [1.54, 1.807) is 0 Å². The van der Waals surface area contributed by atoms with Crippen molar-refractivity contribution >= 4 is 17.7 Å². The smallest absolute Gasteiger partial charge is 0.338 e. The molecule has 0 amide bonds. The van der Waals surface area contributed by atoms with E-state index in [1.807, 2.05) is 0 Å². The molecular weight excluding hydrogens is 724 g/mol. The van der Waals surface area contributed by atoms with Crippen LogP contribution in [0.15, 0.2) is 54.6 Å². The summed E-state index contributed by atoms with van der Waals surface area (Å²) in [5.74, 6) is -12.0. The van der Waals surface area contributed by atoms with Crippen LogP contribution in [0.3, 0.4) is 0 Å². The minimum absolute atomic E-state index is 0.0404. The molecule has 286 valence electrons. The zero-order valence-electron chi connectivity index (χ0n) is 27.4. The Balaban J connectivity index is 1.41. The van der Waals surface area contributed by atoms with Gasteiger partial charge in [0.1, 0.15) is 28.9 Å². The third kappa shape index (κ3) is 7.97. The van der Waals surface area contributed by atoms with Gasteiger partial charge >= 0.3 is 11.9 Å². The van der Waals surface area contributed by atoms with Gasteiger partial charge in [-0.3, -0.25) is 4.79 Å². The van der Waals surface area contributed by atoms with Crippen LogP contribution in [0.25, 0.3) is 0 Å². The van der Waals surface area contributed by atoms with Gasteiger partial charge in [0.25, 0.3) is 0 Å². The van der Waals surface area contributed by atoms with Crippen molar-refractivity contribution in [2.75, 3.05) is 6.61 Å². The van der Waals surface area contributed by atoms with Crippen molar-refractivity contribution in [1.82, 2.24) is 0 Å². The average molecular weight is 757 g/mol. The maximum atomic E-state index is 13.2. The van der Waals surface area contributed by atoms with E-state index in [9.17, 15) is 75.7 Å². The van der Waals surface area contributed by atoms with Crippen molar-refractivity contribution in [3.05, 3.63) is 76.9 Å². The summed E-state index contributed by atoms with van der Waals surface area (Å²) in [5.41, 5.74) is -1.21. The maximum Gasteiger partial charge on any atom is 0.338 e. The number of ketones is 1. The third-order valence-electron chi connectivity index (χ3n) is 8.17. The summed E-state index contributed by atoms with van der Waals surface area (Å²) >= 11 is 0. The summed E-state index contributed by atoms with van der Waals surface area (Å²) in [6, 6.07) is 8.40. The van der Waals surface area contributed by atoms with Crippen LogP contribution >= 0.6 is 0 Å². The monoisotopic (exact) mass is 756 g/mol. The quantitative estimate of drug-likeness (QED) is 0.0585. The zero-order chi connectivity index (χ0) is 39.6. The summed E-state index contributed by atoms with van der Waals surface area (Å²) in [5, 5.41) is 121. The molecule has 19 nitrogen and oxygen atoms in total. The second kappa shape index (κ2) is 15.4. The number of esters is 2. The highest BCUT2D eigenvalue weighted by Gasteiger charge is 2.51. The molecule has 5 rings (SSSR count). The van der Waals surface area contributed by atoms with Gasteiger partial charge in [-0.15, -0.1) is 0 Å². The van der Waals surface area contributed by atoms with E-state index < -0.39 is 129 Å². The standard InChI is InChI=1S/C35H32O19/c36-12-26-31(53-33(49)14-6-22(42)28(46)23(43)7-14)32(54-34(50)15-8-24(44)29(47)25(45)9-15)30(48)35(52-26)51-16-10-20(40)27(21(41)11-16)18(38)4-2-13-1-3-17(37)19(39)5-13/h1,3,5-11,26,30-32,35-37,39-48H,2,4,12H2/t26-,30-,31-,32-,35-/m1/s1. The number of ether oxygens (including phenoxy) is 4. The van der Waals surface area contributed by atoms with Crippen molar-refractivity contribution in [3.8, 4) is 63.2 Å². The van der Waals surface area contributed by atoms with E-state index in [4.69, 9.17) is 18.9 Å². The summed E-state index contributed by atoms with van der Waals surface area (Å²) in [6.45, 7) is -1.02. The fourth-order valence-electron chi connectivity index (χ4n) is 5.42.